The van der Waals surface area contributed by atoms with Gasteiger partial charge in [-0.05, 0) is 63.2 Å². The first kappa shape index (κ1) is 23.7. The first-order valence-electron chi connectivity index (χ1n) is 8.55. The van der Waals surface area contributed by atoms with Crippen LogP contribution in [0.15, 0.2) is 53.4 Å². The van der Waals surface area contributed by atoms with Gasteiger partial charge in [0.1, 0.15) is 5.75 Å². The van der Waals surface area contributed by atoms with Gasteiger partial charge in [-0.2, -0.15) is 0 Å². The number of nitrogens with two attached hydrogens (primary N) is 1. The normalized spacial score (nSPS) is 11.3. The zero-order valence-electron chi connectivity index (χ0n) is 16.1. The average molecular weight is 428 g/mol. The van der Waals surface area contributed by atoms with Crippen molar-refractivity contribution in [1.82, 2.24) is 5.32 Å². The van der Waals surface area contributed by atoms with E-state index in [-0.39, 0.29) is 29.8 Å². The van der Waals surface area contributed by atoms with Crippen LogP contribution in [0.4, 0.5) is 5.69 Å². The summed E-state index contributed by atoms with van der Waals surface area (Å²) in [5.74, 6) is 0.269. The summed E-state index contributed by atoms with van der Waals surface area (Å²) in [4.78, 5) is 12.5. The molecule has 0 saturated carbocycles. The maximum absolute atomic E-state index is 12.6. The van der Waals surface area contributed by atoms with Crippen molar-refractivity contribution in [3.8, 4) is 5.75 Å². The number of nitrogens with one attached hydrogen (secondary N) is 2. The Morgan fingerprint density at radius 3 is 2.36 bits per heavy atom. The van der Waals surface area contributed by atoms with Crippen molar-refractivity contribution in [2.45, 2.75) is 31.2 Å². The molecule has 0 aromatic heterocycles. The van der Waals surface area contributed by atoms with Gasteiger partial charge in [-0.15, -0.1) is 12.4 Å². The Hall–Kier alpha value is -2.29. The first-order valence-corrected chi connectivity index (χ1v) is 10.0. The van der Waals surface area contributed by atoms with Gasteiger partial charge in [-0.1, -0.05) is 6.07 Å². The van der Waals surface area contributed by atoms with Crippen molar-refractivity contribution in [3.05, 3.63) is 54.1 Å². The smallest absolute Gasteiger partial charge is 0.261 e. The van der Waals surface area contributed by atoms with Gasteiger partial charge < -0.3 is 15.8 Å². The number of ether oxygens (including phenoxy) is 1. The van der Waals surface area contributed by atoms with Gasteiger partial charge in [0.2, 0.25) is 0 Å². The molecule has 154 valence electrons. The van der Waals surface area contributed by atoms with Crippen LogP contribution in [-0.2, 0) is 10.0 Å². The molecule has 0 aliphatic heterocycles. The van der Waals surface area contributed by atoms with Gasteiger partial charge in [0.15, 0.2) is 0 Å². The van der Waals surface area contributed by atoms with E-state index >= 15 is 0 Å². The summed E-state index contributed by atoms with van der Waals surface area (Å²) < 4.78 is 32.9. The van der Waals surface area contributed by atoms with E-state index in [2.05, 4.69) is 10.0 Å². The van der Waals surface area contributed by atoms with Gasteiger partial charge in [0.05, 0.1) is 11.5 Å². The second-order valence-corrected chi connectivity index (χ2v) is 8.32. The predicted molar refractivity (Wildman–Crippen MR) is 113 cm³/mol. The fourth-order valence-electron chi connectivity index (χ4n) is 2.25. The lowest BCUT2D eigenvalue weighted by Gasteiger charge is -2.24. The first-order chi connectivity index (χ1) is 12.7. The Morgan fingerprint density at radius 2 is 1.79 bits per heavy atom. The molecule has 0 saturated heterocycles. The summed E-state index contributed by atoms with van der Waals surface area (Å²) >= 11 is 0. The van der Waals surface area contributed by atoms with Crippen LogP contribution in [0.5, 0.6) is 5.75 Å². The molecule has 0 heterocycles. The molecule has 1 amide bonds. The number of hydrogen-bond acceptors (Lipinski definition) is 5. The highest BCUT2D eigenvalue weighted by Gasteiger charge is 2.20. The third-order valence-electron chi connectivity index (χ3n) is 3.78. The summed E-state index contributed by atoms with van der Waals surface area (Å²) in [6, 6.07) is 12.4. The summed E-state index contributed by atoms with van der Waals surface area (Å²) in [6.07, 6.45) is 0. The number of carbonyl (C=O) groups is 1. The van der Waals surface area contributed by atoms with Crippen LogP contribution in [-0.4, -0.2) is 33.0 Å². The molecule has 0 unspecified atom stereocenters. The van der Waals surface area contributed by atoms with Crippen LogP contribution < -0.4 is 20.5 Å². The largest absolute Gasteiger partial charge is 0.494 e. The second kappa shape index (κ2) is 9.77. The summed E-state index contributed by atoms with van der Waals surface area (Å²) in [6.45, 7) is 6.25. The van der Waals surface area contributed by atoms with Crippen molar-refractivity contribution in [2.24, 2.45) is 5.73 Å². The molecule has 28 heavy (non-hydrogen) atoms. The monoisotopic (exact) mass is 427 g/mol. The van der Waals surface area contributed by atoms with Crippen molar-refractivity contribution in [2.75, 3.05) is 17.9 Å². The lowest BCUT2D eigenvalue weighted by molar-refractivity contribution is 0.0915. The minimum atomic E-state index is -3.78. The molecule has 4 N–H and O–H groups in total. The average Bonchev–Trinajstić information content (AvgIpc) is 2.62. The van der Waals surface area contributed by atoms with E-state index in [0.717, 1.165) is 0 Å². The maximum Gasteiger partial charge on any atom is 0.261 e. The molecule has 2 aromatic rings. The number of halogens is 1. The number of hydrogen-bond donors (Lipinski definition) is 3. The number of amides is 1. The summed E-state index contributed by atoms with van der Waals surface area (Å²) in [5, 5.41) is 2.81. The summed E-state index contributed by atoms with van der Waals surface area (Å²) in [5.41, 5.74) is 5.69. The van der Waals surface area contributed by atoms with Gasteiger partial charge in [0.25, 0.3) is 15.9 Å². The van der Waals surface area contributed by atoms with Gasteiger partial charge in [0, 0.05) is 23.3 Å². The van der Waals surface area contributed by atoms with Crippen LogP contribution in [0.2, 0.25) is 0 Å². The Balaban J connectivity index is 0.00000392. The molecule has 0 fully saturated rings. The standard InChI is InChI=1S/C19H25N3O4S.ClH/c1-4-26-16-8-10-17(11-9-16)27(24,25)22-15-7-5-6-14(12-15)18(23)21-19(2,3)13-20;/h5-12,22H,4,13,20H2,1-3H3,(H,21,23);1H. The van der Waals surface area contributed by atoms with Crippen molar-refractivity contribution >= 4 is 34.0 Å². The van der Waals surface area contributed by atoms with E-state index in [1.807, 2.05) is 20.8 Å². The van der Waals surface area contributed by atoms with Gasteiger partial charge in [-0.25, -0.2) is 8.42 Å². The molecule has 9 heteroatoms. The Morgan fingerprint density at radius 1 is 1.14 bits per heavy atom. The topological polar surface area (TPSA) is 111 Å². The lowest BCUT2D eigenvalue weighted by Crippen LogP contribution is -2.48. The molecular formula is C19H26ClN3O4S. The fourth-order valence-corrected chi connectivity index (χ4v) is 3.30. The molecule has 0 spiro atoms. The Labute approximate surface area is 172 Å². The number of rotatable bonds is 8. The molecule has 2 aromatic carbocycles. The molecule has 0 atom stereocenters. The van der Waals surface area contributed by atoms with Crippen molar-refractivity contribution < 1.29 is 17.9 Å². The van der Waals surface area contributed by atoms with Crippen LogP contribution in [0.3, 0.4) is 0 Å². The van der Waals surface area contributed by atoms with Crippen molar-refractivity contribution in [1.29, 1.82) is 0 Å². The molecule has 0 bridgehead atoms. The lowest BCUT2D eigenvalue weighted by atomic mass is 10.1. The fraction of sp³-hybridized carbons (Fsp3) is 0.316. The molecule has 2 rings (SSSR count). The van der Waals surface area contributed by atoms with Crippen LogP contribution >= 0.6 is 12.4 Å². The molecule has 7 nitrogen and oxygen atoms in total. The van der Waals surface area contributed by atoms with E-state index in [1.54, 1.807) is 30.3 Å². The minimum absolute atomic E-state index is 0. The third kappa shape index (κ3) is 6.40. The van der Waals surface area contributed by atoms with E-state index in [0.29, 0.717) is 23.6 Å². The number of anilines is 1. The Bertz CT molecular complexity index is 900. The highest BCUT2D eigenvalue weighted by Crippen LogP contribution is 2.20. The number of carbonyl (C=O) groups excluding carboxylic acids is 1. The predicted octanol–water partition coefficient (Wildman–Crippen LogP) is 2.77. The van der Waals surface area contributed by atoms with Crippen LogP contribution in [0, 0.1) is 0 Å². The molecular weight excluding hydrogens is 402 g/mol. The quantitative estimate of drug-likeness (QED) is 0.599. The zero-order valence-corrected chi connectivity index (χ0v) is 17.7. The third-order valence-corrected chi connectivity index (χ3v) is 5.18. The second-order valence-electron chi connectivity index (χ2n) is 6.63. The van der Waals surface area contributed by atoms with Crippen LogP contribution in [0.25, 0.3) is 0 Å². The van der Waals surface area contributed by atoms with E-state index in [4.69, 9.17) is 10.5 Å². The highest BCUT2D eigenvalue weighted by molar-refractivity contribution is 7.92. The van der Waals surface area contributed by atoms with Gasteiger partial charge >= 0.3 is 0 Å². The van der Waals surface area contributed by atoms with E-state index in [1.165, 1.54) is 18.2 Å². The number of benzene rings is 2. The SMILES string of the molecule is CCOc1ccc(S(=O)(=O)Nc2cccc(C(=O)NC(C)(C)CN)c2)cc1.Cl. The highest BCUT2D eigenvalue weighted by atomic mass is 35.5. The summed E-state index contributed by atoms with van der Waals surface area (Å²) in [7, 11) is -3.78. The molecule has 0 aliphatic rings. The zero-order chi connectivity index (χ0) is 20.1. The molecule has 0 aliphatic carbocycles. The van der Waals surface area contributed by atoms with E-state index < -0.39 is 15.6 Å². The molecule has 0 radical (unpaired) electrons. The maximum atomic E-state index is 12.6. The Kier molecular flexibility index (Phi) is 8.29. The van der Waals surface area contributed by atoms with Crippen molar-refractivity contribution in [3.63, 3.8) is 0 Å². The van der Waals surface area contributed by atoms with E-state index in [9.17, 15) is 13.2 Å². The van der Waals surface area contributed by atoms with Gasteiger partial charge in [-0.3, -0.25) is 9.52 Å². The minimum Gasteiger partial charge on any atom is -0.494 e. The number of sulfonamides is 1. The van der Waals surface area contributed by atoms with Crippen LogP contribution in [0.1, 0.15) is 31.1 Å².